The van der Waals surface area contributed by atoms with E-state index in [9.17, 15) is 4.79 Å². The first-order chi connectivity index (χ1) is 9.74. The summed E-state index contributed by atoms with van der Waals surface area (Å²) in [5.74, 6) is 0.215. The standard InChI is InChI=1S/C15H22ClN3O/c1-17-8-4-7-15(20)19-10-9-18-11-14(19)12-5-2-3-6-13(12)16/h2-3,5-6,14,17-18H,4,7-11H2,1H3. The van der Waals surface area contributed by atoms with Gasteiger partial charge in [-0.1, -0.05) is 29.8 Å². The smallest absolute Gasteiger partial charge is 0.223 e. The van der Waals surface area contributed by atoms with Gasteiger partial charge in [0.15, 0.2) is 0 Å². The molecular formula is C15H22ClN3O. The Balaban J connectivity index is 2.09. The van der Waals surface area contributed by atoms with Gasteiger partial charge in [-0.25, -0.2) is 0 Å². The molecule has 1 heterocycles. The first-order valence-corrected chi connectivity index (χ1v) is 7.51. The summed E-state index contributed by atoms with van der Waals surface area (Å²) in [5.41, 5.74) is 1.03. The Kier molecular flexibility index (Phi) is 5.83. The van der Waals surface area contributed by atoms with E-state index in [1.54, 1.807) is 0 Å². The molecule has 1 amide bonds. The fraction of sp³-hybridized carbons (Fsp3) is 0.533. The second-order valence-electron chi connectivity index (χ2n) is 5.04. The van der Waals surface area contributed by atoms with Gasteiger partial charge in [0.2, 0.25) is 5.91 Å². The Labute approximate surface area is 125 Å². The third kappa shape index (κ3) is 3.72. The molecule has 0 radical (unpaired) electrons. The Bertz CT molecular complexity index is 452. The number of benzene rings is 1. The van der Waals surface area contributed by atoms with Crippen LogP contribution in [0.1, 0.15) is 24.4 Å². The van der Waals surface area contributed by atoms with Gasteiger partial charge in [0, 0.05) is 31.1 Å². The van der Waals surface area contributed by atoms with Crippen LogP contribution in [-0.4, -0.2) is 44.0 Å². The van der Waals surface area contributed by atoms with Crippen LogP contribution >= 0.6 is 11.6 Å². The molecule has 1 unspecified atom stereocenters. The maximum absolute atomic E-state index is 12.4. The summed E-state index contributed by atoms with van der Waals surface area (Å²) >= 11 is 6.28. The largest absolute Gasteiger partial charge is 0.333 e. The van der Waals surface area contributed by atoms with Crippen molar-refractivity contribution in [3.63, 3.8) is 0 Å². The molecule has 1 aromatic rings. The topological polar surface area (TPSA) is 44.4 Å². The fourth-order valence-corrected chi connectivity index (χ4v) is 2.85. The van der Waals surface area contributed by atoms with E-state index >= 15 is 0 Å². The van der Waals surface area contributed by atoms with E-state index in [2.05, 4.69) is 10.6 Å². The van der Waals surface area contributed by atoms with Gasteiger partial charge in [-0.2, -0.15) is 0 Å². The van der Waals surface area contributed by atoms with E-state index in [0.29, 0.717) is 6.42 Å². The average Bonchev–Trinajstić information content (AvgIpc) is 2.48. The molecule has 1 atom stereocenters. The summed E-state index contributed by atoms with van der Waals surface area (Å²) in [6.45, 7) is 3.23. The van der Waals surface area contributed by atoms with Crippen LogP contribution in [0.4, 0.5) is 0 Å². The zero-order chi connectivity index (χ0) is 14.4. The lowest BCUT2D eigenvalue weighted by atomic mass is 10.0. The van der Waals surface area contributed by atoms with Crippen LogP contribution in [0, 0.1) is 0 Å². The van der Waals surface area contributed by atoms with Crippen molar-refractivity contribution in [2.45, 2.75) is 18.9 Å². The lowest BCUT2D eigenvalue weighted by Crippen LogP contribution is -2.48. The summed E-state index contributed by atoms with van der Waals surface area (Å²) in [4.78, 5) is 14.4. The van der Waals surface area contributed by atoms with Gasteiger partial charge in [-0.05, 0) is 31.6 Å². The summed E-state index contributed by atoms with van der Waals surface area (Å²) < 4.78 is 0. The Morgan fingerprint density at radius 2 is 2.30 bits per heavy atom. The monoisotopic (exact) mass is 295 g/mol. The first-order valence-electron chi connectivity index (χ1n) is 7.13. The molecule has 0 bridgehead atoms. The average molecular weight is 296 g/mol. The van der Waals surface area contributed by atoms with Gasteiger partial charge in [0.05, 0.1) is 6.04 Å². The van der Waals surface area contributed by atoms with E-state index in [1.807, 2.05) is 36.2 Å². The van der Waals surface area contributed by atoms with Crippen molar-refractivity contribution < 1.29 is 4.79 Å². The van der Waals surface area contributed by atoms with Crippen LogP contribution in [-0.2, 0) is 4.79 Å². The van der Waals surface area contributed by atoms with E-state index < -0.39 is 0 Å². The zero-order valence-electron chi connectivity index (χ0n) is 11.9. The molecule has 1 fully saturated rings. The molecular weight excluding hydrogens is 274 g/mol. The van der Waals surface area contributed by atoms with Crippen molar-refractivity contribution in [3.8, 4) is 0 Å². The van der Waals surface area contributed by atoms with Crippen molar-refractivity contribution in [2.75, 3.05) is 33.2 Å². The van der Waals surface area contributed by atoms with Gasteiger partial charge >= 0.3 is 0 Å². The maximum atomic E-state index is 12.4. The lowest BCUT2D eigenvalue weighted by molar-refractivity contribution is -0.134. The van der Waals surface area contributed by atoms with Gasteiger partial charge in [0.1, 0.15) is 0 Å². The molecule has 0 spiro atoms. The molecule has 110 valence electrons. The number of rotatable bonds is 5. The predicted molar refractivity (Wildman–Crippen MR) is 81.9 cm³/mol. The molecule has 1 aliphatic heterocycles. The van der Waals surface area contributed by atoms with E-state index in [1.165, 1.54) is 0 Å². The number of piperazine rings is 1. The number of halogens is 1. The molecule has 2 rings (SSSR count). The highest BCUT2D eigenvalue weighted by Gasteiger charge is 2.28. The summed E-state index contributed by atoms with van der Waals surface area (Å²) in [7, 11) is 1.90. The molecule has 1 aromatic carbocycles. The van der Waals surface area contributed by atoms with Crippen molar-refractivity contribution in [2.24, 2.45) is 0 Å². The first kappa shape index (κ1) is 15.3. The van der Waals surface area contributed by atoms with E-state index in [-0.39, 0.29) is 11.9 Å². The number of amides is 1. The third-order valence-corrected chi connectivity index (χ3v) is 3.99. The highest BCUT2D eigenvalue weighted by atomic mass is 35.5. The fourth-order valence-electron chi connectivity index (χ4n) is 2.59. The number of carbonyl (C=O) groups excluding carboxylic acids is 1. The quantitative estimate of drug-likeness (QED) is 0.815. The molecule has 1 aliphatic rings. The maximum Gasteiger partial charge on any atom is 0.223 e. The van der Waals surface area contributed by atoms with Crippen molar-refractivity contribution in [3.05, 3.63) is 34.9 Å². The van der Waals surface area contributed by atoms with Crippen LogP contribution in [0.2, 0.25) is 5.02 Å². The molecule has 0 aromatic heterocycles. The van der Waals surface area contributed by atoms with E-state index in [0.717, 1.165) is 43.2 Å². The normalized spacial score (nSPS) is 19.1. The summed E-state index contributed by atoms with van der Waals surface area (Å²) in [6, 6.07) is 7.82. The highest BCUT2D eigenvalue weighted by molar-refractivity contribution is 6.31. The Morgan fingerprint density at radius 3 is 3.05 bits per heavy atom. The third-order valence-electron chi connectivity index (χ3n) is 3.65. The number of hydrogen-bond donors (Lipinski definition) is 2. The van der Waals surface area contributed by atoms with Gasteiger partial charge in [-0.15, -0.1) is 0 Å². The number of hydrogen-bond acceptors (Lipinski definition) is 3. The zero-order valence-corrected chi connectivity index (χ0v) is 12.6. The number of carbonyl (C=O) groups is 1. The van der Waals surface area contributed by atoms with Gasteiger partial charge < -0.3 is 15.5 Å². The van der Waals surface area contributed by atoms with Crippen LogP contribution in [0.15, 0.2) is 24.3 Å². The molecule has 0 saturated carbocycles. The minimum atomic E-state index is 0.0412. The minimum Gasteiger partial charge on any atom is -0.333 e. The van der Waals surface area contributed by atoms with Crippen LogP contribution in [0.5, 0.6) is 0 Å². The van der Waals surface area contributed by atoms with Crippen LogP contribution < -0.4 is 10.6 Å². The SMILES string of the molecule is CNCCCC(=O)N1CCNCC1c1ccccc1Cl. The molecule has 20 heavy (non-hydrogen) atoms. The second kappa shape index (κ2) is 7.62. The molecule has 1 saturated heterocycles. The number of nitrogens with zero attached hydrogens (tertiary/aromatic N) is 1. The Morgan fingerprint density at radius 1 is 1.50 bits per heavy atom. The lowest BCUT2D eigenvalue weighted by Gasteiger charge is -2.37. The van der Waals surface area contributed by atoms with Crippen molar-refractivity contribution in [1.82, 2.24) is 15.5 Å². The highest BCUT2D eigenvalue weighted by Crippen LogP contribution is 2.28. The summed E-state index contributed by atoms with van der Waals surface area (Å²) in [5, 5.41) is 7.15. The summed E-state index contributed by atoms with van der Waals surface area (Å²) in [6.07, 6.45) is 1.45. The van der Waals surface area contributed by atoms with Crippen LogP contribution in [0.3, 0.4) is 0 Å². The van der Waals surface area contributed by atoms with Crippen molar-refractivity contribution >= 4 is 17.5 Å². The molecule has 5 heteroatoms. The number of nitrogens with one attached hydrogen (secondary N) is 2. The van der Waals surface area contributed by atoms with Gasteiger partial charge in [-0.3, -0.25) is 4.79 Å². The van der Waals surface area contributed by atoms with E-state index in [4.69, 9.17) is 11.6 Å². The Hall–Kier alpha value is -1.10. The van der Waals surface area contributed by atoms with Gasteiger partial charge in [0.25, 0.3) is 0 Å². The predicted octanol–water partition coefficient (Wildman–Crippen LogP) is 1.81. The molecule has 0 aliphatic carbocycles. The minimum absolute atomic E-state index is 0.0412. The molecule has 4 nitrogen and oxygen atoms in total. The second-order valence-corrected chi connectivity index (χ2v) is 5.44. The molecule has 2 N–H and O–H groups in total. The van der Waals surface area contributed by atoms with Crippen molar-refractivity contribution in [1.29, 1.82) is 0 Å². The van der Waals surface area contributed by atoms with Crippen LogP contribution in [0.25, 0.3) is 0 Å².